The van der Waals surface area contributed by atoms with Gasteiger partial charge in [0.25, 0.3) is 0 Å². The van der Waals surface area contributed by atoms with Gasteiger partial charge in [-0.05, 0) is 82.8 Å². The van der Waals surface area contributed by atoms with E-state index in [1.54, 1.807) is 6.33 Å². The molecule has 0 aliphatic carbocycles. The lowest BCUT2D eigenvalue weighted by Gasteiger charge is -2.10. The first-order chi connectivity index (χ1) is 13.2. The number of halogens is 2. The van der Waals surface area contributed by atoms with Gasteiger partial charge in [-0.3, -0.25) is 0 Å². The highest BCUT2D eigenvalue weighted by molar-refractivity contribution is 14.1. The second kappa shape index (κ2) is 8.10. The van der Waals surface area contributed by atoms with Crippen molar-refractivity contribution in [2.75, 3.05) is 5.32 Å². The summed E-state index contributed by atoms with van der Waals surface area (Å²) in [6, 6.07) is 21.6. The lowest BCUT2D eigenvalue weighted by molar-refractivity contribution is 0.306. The Morgan fingerprint density at radius 1 is 0.926 bits per heavy atom. The Bertz CT molecular complexity index is 1070. The van der Waals surface area contributed by atoms with Crippen molar-refractivity contribution in [1.29, 1.82) is 0 Å². The van der Waals surface area contributed by atoms with E-state index in [0.717, 1.165) is 42.3 Å². The van der Waals surface area contributed by atoms with Crippen LogP contribution in [-0.2, 0) is 6.61 Å². The third kappa shape index (κ3) is 4.48. The van der Waals surface area contributed by atoms with Crippen LogP contribution in [-0.4, -0.2) is 9.97 Å². The minimum Gasteiger partial charge on any atom is -0.489 e. The topological polar surface area (TPSA) is 47.0 Å². The molecule has 0 aliphatic heterocycles. The van der Waals surface area contributed by atoms with Gasteiger partial charge in [-0.15, -0.1) is 0 Å². The maximum Gasteiger partial charge on any atom is 0.141 e. The summed E-state index contributed by atoms with van der Waals surface area (Å²) < 4.78 is 6.97. The van der Waals surface area contributed by atoms with Crippen molar-refractivity contribution < 1.29 is 4.74 Å². The molecule has 1 heterocycles. The summed E-state index contributed by atoms with van der Waals surface area (Å²) in [5, 5.41) is 5.07. The van der Waals surface area contributed by atoms with Crippen LogP contribution < -0.4 is 10.1 Å². The van der Waals surface area contributed by atoms with Crippen LogP contribution in [0, 0.1) is 3.57 Å². The Kier molecular flexibility index (Phi) is 5.40. The largest absolute Gasteiger partial charge is 0.489 e. The van der Waals surface area contributed by atoms with E-state index in [1.165, 1.54) is 0 Å². The van der Waals surface area contributed by atoms with E-state index in [4.69, 9.17) is 16.3 Å². The summed E-state index contributed by atoms with van der Waals surface area (Å²) in [5.41, 5.74) is 2.92. The molecule has 4 aromatic rings. The highest BCUT2D eigenvalue weighted by atomic mass is 127. The maximum absolute atomic E-state index is 5.90. The van der Waals surface area contributed by atoms with Crippen molar-refractivity contribution in [3.05, 3.63) is 87.2 Å². The molecule has 6 heteroatoms. The molecule has 0 atom stereocenters. The zero-order valence-corrected chi connectivity index (χ0v) is 17.1. The van der Waals surface area contributed by atoms with Crippen LogP contribution in [0.25, 0.3) is 10.9 Å². The number of hydrogen-bond donors (Lipinski definition) is 1. The molecule has 27 heavy (non-hydrogen) atoms. The lowest BCUT2D eigenvalue weighted by atomic mass is 10.2. The van der Waals surface area contributed by atoms with Gasteiger partial charge in [-0.2, -0.15) is 0 Å². The normalized spacial score (nSPS) is 10.7. The van der Waals surface area contributed by atoms with E-state index < -0.39 is 0 Å². The van der Waals surface area contributed by atoms with Crippen molar-refractivity contribution in [2.45, 2.75) is 6.61 Å². The number of nitrogens with one attached hydrogen (secondary N) is 1. The van der Waals surface area contributed by atoms with Crippen LogP contribution >= 0.6 is 34.2 Å². The van der Waals surface area contributed by atoms with Gasteiger partial charge in [-0.25, -0.2) is 9.97 Å². The molecule has 0 fully saturated rings. The van der Waals surface area contributed by atoms with Crippen LogP contribution in [0.3, 0.4) is 0 Å². The Balaban J connectivity index is 1.46. The van der Waals surface area contributed by atoms with Gasteiger partial charge in [0.2, 0.25) is 0 Å². The van der Waals surface area contributed by atoms with E-state index >= 15 is 0 Å². The molecule has 0 bridgehead atoms. The van der Waals surface area contributed by atoms with Crippen LogP contribution in [0.15, 0.2) is 73.1 Å². The molecule has 0 amide bonds. The number of benzene rings is 3. The average Bonchev–Trinajstić information content (AvgIpc) is 2.69. The fraction of sp³-hybridized carbons (Fsp3) is 0.0476. The Morgan fingerprint density at radius 3 is 2.48 bits per heavy atom. The van der Waals surface area contributed by atoms with E-state index in [9.17, 15) is 0 Å². The molecule has 134 valence electrons. The summed E-state index contributed by atoms with van der Waals surface area (Å²) in [6.45, 7) is 0.499. The molecule has 1 N–H and O–H groups in total. The summed E-state index contributed by atoms with van der Waals surface area (Å²) >= 11 is 8.19. The Hall–Kier alpha value is -2.38. The Morgan fingerprint density at radius 2 is 1.70 bits per heavy atom. The van der Waals surface area contributed by atoms with E-state index in [2.05, 4.69) is 43.9 Å². The quantitative estimate of drug-likeness (QED) is 0.340. The molecular formula is C21H15ClIN3O. The highest BCUT2D eigenvalue weighted by Gasteiger charge is 2.05. The van der Waals surface area contributed by atoms with Crippen molar-refractivity contribution in [1.82, 2.24) is 9.97 Å². The first-order valence-electron chi connectivity index (χ1n) is 8.32. The molecule has 1 aromatic heterocycles. The number of ether oxygens (including phenoxy) is 1. The predicted octanol–water partition coefficient (Wildman–Crippen LogP) is 6.21. The monoisotopic (exact) mass is 487 g/mol. The van der Waals surface area contributed by atoms with Gasteiger partial charge in [-0.1, -0.05) is 23.7 Å². The van der Waals surface area contributed by atoms with Crippen molar-refractivity contribution in [3.63, 3.8) is 0 Å². The van der Waals surface area contributed by atoms with Gasteiger partial charge in [0.05, 0.1) is 5.52 Å². The minimum atomic E-state index is 0.499. The molecule has 0 saturated heterocycles. The van der Waals surface area contributed by atoms with Crippen LogP contribution in [0.1, 0.15) is 5.56 Å². The third-order valence-corrected chi connectivity index (χ3v) is 4.96. The lowest BCUT2D eigenvalue weighted by Crippen LogP contribution is -1.97. The van der Waals surface area contributed by atoms with Crippen molar-refractivity contribution in [3.8, 4) is 5.75 Å². The first kappa shape index (κ1) is 18.0. The minimum absolute atomic E-state index is 0.499. The smallest absolute Gasteiger partial charge is 0.141 e. The molecule has 0 aliphatic rings. The molecule has 0 unspecified atom stereocenters. The number of fused-ring (bicyclic) bond motifs is 1. The molecular weight excluding hydrogens is 473 g/mol. The maximum atomic E-state index is 5.90. The zero-order chi connectivity index (χ0) is 18.6. The van der Waals surface area contributed by atoms with Gasteiger partial charge in [0, 0.05) is 19.7 Å². The fourth-order valence-corrected chi connectivity index (χ4v) is 3.26. The Labute approximate surface area is 175 Å². The summed E-state index contributed by atoms with van der Waals surface area (Å²) in [7, 11) is 0. The van der Waals surface area contributed by atoms with Gasteiger partial charge in [0.1, 0.15) is 24.5 Å². The average molecular weight is 488 g/mol. The zero-order valence-electron chi connectivity index (χ0n) is 14.2. The summed E-state index contributed by atoms with van der Waals surface area (Å²) in [5.74, 6) is 1.59. The van der Waals surface area contributed by atoms with Gasteiger partial charge >= 0.3 is 0 Å². The van der Waals surface area contributed by atoms with E-state index in [-0.39, 0.29) is 0 Å². The second-order valence-corrected chi connectivity index (χ2v) is 7.63. The fourth-order valence-electron chi connectivity index (χ4n) is 2.65. The van der Waals surface area contributed by atoms with Crippen LogP contribution in [0.5, 0.6) is 5.75 Å². The standard InChI is InChI=1S/C21H15ClIN3O/c22-15-3-1-14(2-4-15)12-27-18-8-6-17(7-9-18)26-21-19-11-16(23)5-10-20(19)24-13-25-21/h1-11,13H,12H2,(H,24,25,26). The van der Waals surface area contributed by atoms with Gasteiger partial charge in [0.15, 0.2) is 0 Å². The van der Waals surface area contributed by atoms with Crippen LogP contribution in [0.2, 0.25) is 5.02 Å². The van der Waals surface area contributed by atoms with Crippen molar-refractivity contribution in [2.24, 2.45) is 0 Å². The van der Waals surface area contributed by atoms with Gasteiger partial charge < -0.3 is 10.1 Å². The SMILES string of the molecule is Clc1ccc(COc2ccc(Nc3ncnc4ccc(I)cc34)cc2)cc1. The van der Waals surface area contributed by atoms with E-state index in [1.807, 2.05) is 60.7 Å². The second-order valence-electron chi connectivity index (χ2n) is 5.95. The van der Waals surface area contributed by atoms with Crippen molar-refractivity contribution >= 4 is 56.6 Å². The molecule has 4 nitrogen and oxygen atoms in total. The number of aromatic nitrogens is 2. The molecule has 0 radical (unpaired) electrons. The number of anilines is 2. The summed E-state index contributed by atoms with van der Waals surface area (Å²) in [6.07, 6.45) is 1.57. The molecule has 4 rings (SSSR count). The molecule has 0 spiro atoms. The predicted molar refractivity (Wildman–Crippen MR) is 118 cm³/mol. The third-order valence-electron chi connectivity index (χ3n) is 4.03. The number of hydrogen-bond acceptors (Lipinski definition) is 4. The molecule has 0 saturated carbocycles. The number of nitrogens with zero attached hydrogens (tertiary/aromatic N) is 2. The number of rotatable bonds is 5. The van der Waals surface area contributed by atoms with E-state index in [0.29, 0.717) is 6.61 Å². The van der Waals surface area contributed by atoms with Crippen LogP contribution in [0.4, 0.5) is 11.5 Å². The highest BCUT2D eigenvalue weighted by Crippen LogP contribution is 2.26. The summed E-state index contributed by atoms with van der Waals surface area (Å²) in [4.78, 5) is 8.70. The first-order valence-corrected chi connectivity index (χ1v) is 9.78. The molecule has 3 aromatic carbocycles.